The number of carbonyl (C=O) groups excluding carboxylic acids is 1. The molecule has 0 aliphatic carbocycles. The van der Waals surface area contributed by atoms with Crippen molar-refractivity contribution < 1.29 is 27.8 Å². The Bertz CT molecular complexity index is 1020. The predicted octanol–water partition coefficient (Wildman–Crippen LogP) is 3.44. The Morgan fingerprint density at radius 3 is 2.52 bits per heavy atom. The van der Waals surface area contributed by atoms with Gasteiger partial charge in [0.05, 0.1) is 5.56 Å². The number of phenols is 1. The van der Waals surface area contributed by atoms with E-state index in [4.69, 9.17) is 9.15 Å². The number of halogens is 2. The van der Waals surface area contributed by atoms with Gasteiger partial charge in [-0.1, -0.05) is 0 Å². The number of ether oxygens (including phenoxy) is 1. The van der Waals surface area contributed by atoms with E-state index in [2.05, 4.69) is 0 Å². The van der Waals surface area contributed by atoms with Crippen LogP contribution in [-0.4, -0.2) is 11.1 Å². The number of benzene rings is 2. The van der Waals surface area contributed by atoms with E-state index in [1.165, 1.54) is 12.1 Å². The van der Waals surface area contributed by atoms with Crippen LogP contribution in [0.5, 0.6) is 5.75 Å². The molecule has 0 bridgehead atoms. The van der Waals surface area contributed by atoms with Gasteiger partial charge in [-0.2, -0.15) is 0 Å². The molecule has 1 heterocycles. The summed E-state index contributed by atoms with van der Waals surface area (Å²) < 4.78 is 36.5. The summed E-state index contributed by atoms with van der Waals surface area (Å²) >= 11 is 0. The number of aromatic hydroxyl groups is 1. The first-order valence-electron chi connectivity index (χ1n) is 7.23. The Morgan fingerprint density at radius 1 is 1.16 bits per heavy atom. The maximum atomic E-state index is 13.2. The Hall–Kier alpha value is -3.22. The van der Waals surface area contributed by atoms with Crippen molar-refractivity contribution in [1.29, 1.82) is 0 Å². The monoisotopic (exact) mass is 346 g/mol. The molecule has 128 valence electrons. The summed E-state index contributed by atoms with van der Waals surface area (Å²) in [5.41, 5.74) is -0.0625. The maximum absolute atomic E-state index is 13.2. The molecular formula is C18H12F2O5. The molecule has 25 heavy (non-hydrogen) atoms. The molecule has 0 fully saturated rings. The molecule has 7 heteroatoms. The van der Waals surface area contributed by atoms with Gasteiger partial charge in [0.2, 0.25) is 0 Å². The van der Waals surface area contributed by atoms with Crippen LogP contribution in [0, 0.1) is 18.6 Å². The van der Waals surface area contributed by atoms with Crippen molar-refractivity contribution >= 4 is 16.9 Å². The van der Waals surface area contributed by atoms with Crippen molar-refractivity contribution in [2.45, 2.75) is 13.5 Å². The van der Waals surface area contributed by atoms with Gasteiger partial charge >= 0.3 is 11.6 Å². The lowest BCUT2D eigenvalue weighted by atomic mass is 10.1. The SMILES string of the molecule is Cc1c(O)ccc2c(COC(=O)c3cc(F)cc(F)c3)cc(=O)oc12. The van der Waals surface area contributed by atoms with Gasteiger partial charge in [-0.15, -0.1) is 0 Å². The van der Waals surface area contributed by atoms with Gasteiger partial charge in [0.25, 0.3) is 0 Å². The van der Waals surface area contributed by atoms with Gasteiger partial charge in [-0.25, -0.2) is 18.4 Å². The van der Waals surface area contributed by atoms with Gasteiger partial charge in [0.1, 0.15) is 29.6 Å². The summed E-state index contributed by atoms with van der Waals surface area (Å²) in [6.07, 6.45) is 0. The van der Waals surface area contributed by atoms with Crippen LogP contribution >= 0.6 is 0 Å². The highest BCUT2D eigenvalue weighted by Gasteiger charge is 2.14. The molecule has 0 aliphatic heterocycles. The third-order valence-electron chi connectivity index (χ3n) is 3.68. The molecule has 0 saturated heterocycles. The van der Waals surface area contributed by atoms with Crippen LogP contribution in [-0.2, 0) is 11.3 Å². The standard InChI is InChI=1S/C18H12F2O5/c1-9-15(21)3-2-14-11(6-16(22)25-17(9)14)8-24-18(23)10-4-12(19)7-13(20)5-10/h2-7,21H,8H2,1H3. The number of hydrogen-bond acceptors (Lipinski definition) is 5. The minimum Gasteiger partial charge on any atom is -0.508 e. The highest BCUT2D eigenvalue weighted by molar-refractivity contribution is 5.90. The van der Waals surface area contributed by atoms with Crippen molar-refractivity contribution in [1.82, 2.24) is 0 Å². The van der Waals surface area contributed by atoms with Crippen molar-refractivity contribution in [2.75, 3.05) is 0 Å². The van der Waals surface area contributed by atoms with E-state index in [0.717, 1.165) is 18.2 Å². The normalized spacial score (nSPS) is 10.8. The van der Waals surface area contributed by atoms with Crippen molar-refractivity contribution in [3.63, 3.8) is 0 Å². The molecule has 0 unspecified atom stereocenters. The predicted molar refractivity (Wildman–Crippen MR) is 84.4 cm³/mol. The van der Waals surface area contributed by atoms with Gasteiger partial charge in [0, 0.05) is 28.6 Å². The molecule has 3 aromatic rings. The third-order valence-corrected chi connectivity index (χ3v) is 3.68. The molecule has 0 spiro atoms. The molecule has 0 amide bonds. The molecule has 0 saturated carbocycles. The average Bonchev–Trinajstić information content (AvgIpc) is 2.55. The largest absolute Gasteiger partial charge is 0.508 e. The summed E-state index contributed by atoms with van der Waals surface area (Å²) in [5, 5.41) is 10.2. The lowest BCUT2D eigenvalue weighted by Crippen LogP contribution is -2.09. The zero-order valence-corrected chi connectivity index (χ0v) is 13.0. The lowest BCUT2D eigenvalue weighted by Gasteiger charge is -2.09. The number of phenolic OH excluding ortho intramolecular Hbond substituents is 1. The molecule has 0 radical (unpaired) electrons. The van der Waals surface area contributed by atoms with Crippen molar-refractivity contribution in [3.05, 3.63) is 75.1 Å². The summed E-state index contributed by atoms with van der Waals surface area (Å²) in [6.45, 7) is 1.27. The Kier molecular flexibility index (Phi) is 4.22. The van der Waals surface area contributed by atoms with Crippen LogP contribution in [0.3, 0.4) is 0 Å². The topological polar surface area (TPSA) is 76.7 Å². The van der Waals surface area contributed by atoms with E-state index >= 15 is 0 Å². The second-order valence-corrected chi connectivity index (χ2v) is 5.41. The molecule has 0 atom stereocenters. The number of carbonyl (C=O) groups is 1. The van der Waals surface area contributed by atoms with E-state index in [9.17, 15) is 23.5 Å². The maximum Gasteiger partial charge on any atom is 0.338 e. The average molecular weight is 346 g/mol. The second-order valence-electron chi connectivity index (χ2n) is 5.41. The van der Waals surface area contributed by atoms with E-state index in [-0.39, 0.29) is 23.5 Å². The quantitative estimate of drug-likeness (QED) is 0.581. The summed E-state index contributed by atoms with van der Waals surface area (Å²) in [5.74, 6) is -2.77. The molecule has 2 aromatic carbocycles. The van der Waals surface area contributed by atoms with Crippen LogP contribution < -0.4 is 5.63 Å². The lowest BCUT2D eigenvalue weighted by molar-refractivity contribution is 0.0472. The van der Waals surface area contributed by atoms with Crippen LogP contribution in [0.1, 0.15) is 21.5 Å². The van der Waals surface area contributed by atoms with Crippen LogP contribution in [0.25, 0.3) is 11.0 Å². The molecule has 3 rings (SSSR count). The zero-order valence-electron chi connectivity index (χ0n) is 13.0. The van der Waals surface area contributed by atoms with Gasteiger partial charge < -0.3 is 14.3 Å². The number of rotatable bonds is 3. The highest BCUT2D eigenvalue weighted by Crippen LogP contribution is 2.27. The number of esters is 1. The van der Waals surface area contributed by atoms with E-state index in [0.29, 0.717) is 22.6 Å². The van der Waals surface area contributed by atoms with Crippen molar-refractivity contribution in [3.8, 4) is 5.75 Å². The minimum absolute atomic E-state index is 0.0416. The first-order valence-corrected chi connectivity index (χ1v) is 7.23. The van der Waals surface area contributed by atoms with Crippen LogP contribution in [0.2, 0.25) is 0 Å². The first kappa shape index (κ1) is 16.6. The zero-order chi connectivity index (χ0) is 18.1. The molecule has 1 N–H and O–H groups in total. The summed E-state index contributed by atoms with van der Waals surface area (Å²) in [7, 11) is 0. The molecular weight excluding hydrogens is 334 g/mol. The van der Waals surface area contributed by atoms with Crippen LogP contribution in [0.4, 0.5) is 8.78 Å². The fourth-order valence-corrected chi connectivity index (χ4v) is 2.43. The number of hydrogen-bond donors (Lipinski definition) is 1. The number of aryl methyl sites for hydroxylation is 1. The summed E-state index contributed by atoms with van der Waals surface area (Å²) in [6, 6.07) is 6.44. The second kappa shape index (κ2) is 6.35. The van der Waals surface area contributed by atoms with Gasteiger partial charge in [-0.3, -0.25) is 0 Å². The smallest absolute Gasteiger partial charge is 0.338 e. The fourth-order valence-electron chi connectivity index (χ4n) is 2.43. The van der Waals surface area contributed by atoms with Crippen LogP contribution in [0.15, 0.2) is 45.6 Å². The van der Waals surface area contributed by atoms with E-state index in [1.54, 1.807) is 6.92 Å². The van der Waals surface area contributed by atoms with Gasteiger partial charge in [-0.05, 0) is 31.2 Å². The first-order chi connectivity index (χ1) is 11.8. The highest BCUT2D eigenvalue weighted by atomic mass is 19.1. The third kappa shape index (κ3) is 3.35. The Labute approximate surface area is 140 Å². The van der Waals surface area contributed by atoms with E-state index < -0.39 is 23.2 Å². The molecule has 0 aliphatic rings. The molecule has 1 aromatic heterocycles. The fraction of sp³-hybridized carbons (Fsp3) is 0.111. The number of fused-ring (bicyclic) bond motifs is 1. The Morgan fingerprint density at radius 2 is 1.84 bits per heavy atom. The van der Waals surface area contributed by atoms with Crippen molar-refractivity contribution in [2.24, 2.45) is 0 Å². The summed E-state index contributed by atoms with van der Waals surface area (Å²) in [4.78, 5) is 23.7. The van der Waals surface area contributed by atoms with Gasteiger partial charge in [0.15, 0.2) is 0 Å². The van der Waals surface area contributed by atoms with E-state index in [1.807, 2.05) is 0 Å². The Balaban J connectivity index is 1.92. The minimum atomic E-state index is -0.935. The molecule has 5 nitrogen and oxygen atoms in total.